The second-order valence-electron chi connectivity index (χ2n) is 7.69. The molecule has 4 rings (SSSR count). The van der Waals surface area contributed by atoms with Gasteiger partial charge in [0, 0.05) is 23.7 Å². The monoisotopic (exact) mass is 378 g/mol. The first-order chi connectivity index (χ1) is 13.6. The maximum absolute atomic E-state index is 12.9. The highest BCUT2D eigenvalue weighted by molar-refractivity contribution is 5.96. The van der Waals surface area contributed by atoms with Gasteiger partial charge in [0.15, 0.2) is 0 Å². The molecule has 5 heteroatoms. The minimum absolute atomic E-state index is 0.0279. The fourth-order valence-electron chi connectivity index (χ4n) is 3.64. The number of amides is 2. The largest absolute Gasteiger partial charge is 0.491 e. The molecule has 2 amide bonds. The number of carbonyl (C=O) groups is 2. The van der Waals surface area contributed by atoms with Crippen molar-refractivity contribution in [2.24, 2.45) is 0 Å². The SMILES string of the molecule is Cc1ccccc1C(=O)N1CCC[C@@H]1COc1ccc(C(=O)NC2CC2)cc1. The summed E-state index contributed by atoms with van der Waals surface area (Å²) in [5, 5.41) is 2.98. The standard InChI is InChI=1S/C23H26N2O3/c1-16-5-2-3-7-21(16)23(27)25-14-4-6-19(25)15-28-20-12-8-17(9-13-20)22(26)24-18-10-11-18/h2-3,5,7-9,12-13,18-19H,4,6,10-11,14-15H2,1H3,(H,24,26)/t19-/m1/s1. The van der Waals surface area contributed by atoms with Gasteiger partial charge in [0.05, 0.1) is 6.04 Å². The van der Waals surface area contributed by atoms with Crippen LogP contribution in [0.3, 0.4) is 0 Å². The van der Waals surface area contributed by atoms with Crippen LogP contribution in [0.15, 0.2) is 48.5 Å². The molecule has 2 aliphatic rings. The number of carbonyl (C=O) groups excluding carboxylic acids is 2. The number of nitrogens with one attached hydrogen (secondary N) is 1. The highest BCUT2D eigenvalue weighted by atomic mass is 16.5. The molecular formula is C23H26N2O3. The van der Waals surface area contributed by atoms with Gasteiger partial charge in [0.1, 0.15) is 12.4 Å². The summed E-state index contributed by atoms with van der Waals surface area (Å²) in [5.41, 5.74) is 2.41. The Kier molecular flexibility index (Phi) is 5.33. The molecule has 1 N–H and O–H groups in total. The van der Waals surface area contributed by atoms with Crippen molar-refractivity contribution in [1.29, 1.82) is 0 Å². The van der Waals surface area contributed by atoms with Crippen LogP contribution in [0, 0.1) is 6.92 Å². The summed E-state index contributed by atoms with van der Waals surface area (Å²) in [6.07, 6.45) is 4.09. The van der Waals surface area contributed by atoms with Crippen LogP contribution in [-0.2, 0) is 0 Å². The van der Waals surface area contributed by atoms with Crippen LogP contribution >= 0.6 is 0 Å². The molecule has 2 aromatic carbocycles. The third-order valence-corrected chi connectivity index (χ3v) is 5.48. The minimum Gasteiger partial charge on any atom is -0.491 e. The van der Waals surface area contributed by atoms with E-state index >= 15 is 0 Å². The Morgan fingerprint density at radius 3 is 2.54 bits per heavy atom. The van der Waals surface area contributed by atoms with E-state index in [1.54, 1.807) is 12.1 Å². The molecule has 146 valence electrons. The molecule has 1 saturated heterocycles. The van der Waals surface area contributed by atoms with E-state index in [0.717, 1.165) is 49.1 Å². The number of hydrogen-bond acceptors (Lipinski definition) is 3. The van der Waals surface area contributed by atoms with E-state index in [0.29, 0.717) is 18.2 Å². The van der Waals surface area contributed by atoms with Gasteiger partial charge in [-0.25, -0.2) is 0 Å². The maximum Gasteiger partial charge on any atom is 0.254 e. The molecule has 0 bridgehead atoms. The molecule has 0 spiro atoms. The van der Waals surface area contributed by atoms with Crippen LogP contribution in [0.25, 0.3) is 0 Å². The van der Waals surface area contributed by atoms with Gasteiger partial charge in [-0.1, -0.05) is 18.2 Å². The number of nitrogens with zero attached hydrogens (tertiary/aromatic N) is 1. The molecule has 1 aliphatic heterocycles. The number of aryl methyl sites for hydroxylation is 1. The molecule has 28 heavy (non-hydrogen) atoms. The van der Waals surface area contributed by atoms with Crippen LogP contribution in [0.4, 0.5) is 0 Å². The summed E-state index contributed by atoms with van der Waals surface area (Å²) in [5.74, 6) is 0.773. The molecule has 1 aliphatic carbocycles. The van der Waals surface area contributed by atoms with Crippen molar-refractivity contribution in [3.63, 3.8) is 0 Å². The number of ether oxygens (including phenoxy) is 1. The predicted molar refractivity (Wildman–Crippen MR) is 108 cm³/mol. The Bertz CT molecular complexity index is 858. The molecule has 5 nitrogen and oxygen atoms in total. The zero-order valence-corrected chi connectivity index (χ0v) is 16.2. The van der Waals surface area contributed by atoms with Crippen molar-refractivity contribution in [3.05, 3.63) is 65.2 Å². The summed E-state index contributed by atoms with van der Waals surface area (Å²) in [6, 6.07) is 15.4. The van der Waals surface area contributed by atoms with E-state index in [2.05, 4.69) is 5.32 Å². The van der Waals surface area contributed by atoms with Crippen LogP contribution in [-0.4, -0.2) is 41.9 Å². The van der Waals surface area contributed by atoms with E-state index in [9.17, 15) is 9.59 Å². The van der Waals surface area contributed by atoms with Gasteiger partial charge >= 0.3 is 0 Å². The zero-order chi connectivity index (χ0) is 19.5. The van der Waals surface area contributed by atoms with E-state index in [4.69, 9.17) is 4.74 Å². The molecule has 0 aromatic heterocycles. The smallest absolute Gasteiger partial charge is 0.254 e. The molecule has 0 radical (unpaired) electrons. The van der Waals surface area contributed by atoms with Crippen molar-refractivity contribution < 1.29 is 14.3 Å². The van der Waals surface area contributed by atoms with Gasteiger partial charge in [-0.2, -0.15) is 0 Å². The lowest BCUT2D eigenvalue weighted by atomic mass is 10.1. The summed E-state index contributed by atoms with van der Waals surface area (Å²) in [6.45, 7) is 3.20. The number of hydrogen-bond donors (Lipinski definition) is 1. The quantitative estimate of drug-likeness (QED) is 0.836. The van der Waals surface area contributed by atoms with E-state index < -0.39 is 0 Å². The van der Waals surface area contributed by atoms with Gasteiger partial charge < -0.3 is 15.0 Å². The van der Waals surface area contributed by atoms with Gasteiger partial charge in [0.2, 0.25) is 0 Å². The second-order valence-corrected chi connectivity index (χ2v) is 7.69. The van der Waals surface area contributed by atoms with Gasteiger partial charge in [-0.05, 0) is 68.5 Å². The lowest BCUT2D eigenvalue weighted by Gasteiger charge is -2.25. The fourth-order valence-corrected chi connectivity index (χ4v) is 3.64. The van der Waals surface area contributed by atoms with Gasteiger partial charge in [-0.3, -0.25) is 9.59 Å². The van der Waals surface area contributed by atoms with Gasteiger partial charge in [0.25, 0.3) is 11.8 Å². The Labute approximate surface area is 165 Å². The minimum atomic E-state index is -0.0279. The third-order valence-electron chi connectivity index (χ3n) is 5.48. The average molecular weight is 378 g/mol. The molecule has 0 unspecified atom stereocenters. The Morgan fingerprint density at radius 1 is 1.07 bits per heavy atom. The fraction of sp³-hybridized carbons (Fsp3) is 0.391. The first-order valence-corrected chi connectivity index (χ1v) is 10.0. The predicted octanol–water partition coefficient (Wildman–Crippen LogP) is 3.57. The molecule has 1 saturated carbocycles. The summed E-state index contributed by atoms with van der Waals surface area (Å²) in [4.78, 5) is 26.9. The Hall–Kier alpha value is -2.82. The van der Waals surface area contributed by atoms with Crippen molar-refractivity contribution >= 4 is 11.8 Å². The highest BCUT2D eigenvalue weighted by Gasteiger charge is 2.30. The molecule has 2 fully saturated rings. The Morgan fingerprint density at radius 2 is 1.82 bits per heavy atom. The van der Waals surface area contributed by atoms with E-state index in [1.807, 2.05) is 48.2 Å². The third kappa shape index (κ3) is 4.19. The molecule has 1 atom stereocenters. The van der Waals surface area contributed by atoms with Crippen molar-refractivity contribution in [2.75, 3.05) is 13.2 Å². The second kappa shape index (κ2) is 8.05. The molecular weight excluding hydrogens is 352 g/mol. The number of rotatable bonds is 6. The topological polar surface area (TPSA) is 58.6 Å². The summed E-state index contributed by atoms with van der Waals surface area (Å²) < 4.78 is 5.94. The summed E-state index contributed by atoms with van der Waals surface area (Å²) in [7, 11) is 0. The van der Waals surface area contributed by atoms with E-state index in [1.165, 1.54) is 0 Å². The van der Waals surface area contributed by atoms with Crippen LogP contribution in [0.2, 0.25) is 0 Å². The van der Waals surface area contributed by atoms with Crippen molar-refractivity contribution in [2.45, 2.75) is 44.7 Å². The normalized spacial score (nSPS) is 18.8. The molecule has 2 aromatic rings. The zero-order valence-electron chi connectivity index (χ0n) is 16.2. The maximum atomic E-state index is 12.9. The van der Waals surface area contributed by atoms with Crippen LogP contribution in [0.1, 0.15) is 52.0 Å². The lowest BCUT2D eigenvalue weighted by Crippen LogP contribution is -2.39. The van der Waals surface area contributed by atoms with Gasteiger partial charge in [-0.15, -0.1) is 0 Å². The average Bonchev–Trinajstić information content (AvgIpc) is 3.40. The van der Waals surface area contributed by atoms with Crippen molar-refractivity contribution in [1.82, 2.24) is 10.2 Å². The first kappa shape index (κ1) is 18.5. The highest BCUT2D eigenvalue weighted by Crippen LogP contribution is 2.23. The lowest BCUT2D eigenvalue weighted by molar-refractivity contribution is 0.0690. The van der Waals surface area contributed by atoms with Crippen LogP contribution in [0.5, 0.6) is 5.75 Å². The number of benzene rings is 2. The van der Waals surface area contributed by atoms with E-state index in [-0.39, 0.29) is 17.9 Å². The molecule has 1 heterocycles. The van der Waals surface area contributed by atoms with Crippen molar-refractivity contribution in [3.8, 4) is 5.75 Å². The number of likely N-dealkylation sites (tertiary alicyclic amines) is 1. The Balaban J connectivity index is 1.35. The first-order valence-electron chi connectivity index (χ1n) is 10.0. The summed E-state index contributed by atoms with van der Waals surface area (Å²) >= 11 is 0. The van der Waals surface area contributed by atoms with Crippen LogP contribution < -0.4 is 10.1 Å².